The highest BCUT2D eigenvalue weighted by Gasteiger charge is 2.18. The third kappa shape index (κ3) is 4.32. The summed E-state index contributed by atoms with van der Waals surface area (Å²) in [6, 6.07) is 6.81. The Bertz CT molecular complexity index is 716. The number of rotatable bonds is 6. The summed E-state index contributed by atoms with van der Waals surface area (Å²) in [5.74, 6) is -4.41. The largest absolute Gasteiger partial charge is 0.386 e. The lowest BCUT2D eigenvalue weighted by molar-refractivity contribution is -0.121. The average Bonchev–Trinajstić information content (AvgIpc) is 2.54. The van der Waals surface area contributed by atoms with Crippen molar-refractivity contribution >= 4 is 5.91 Å². The van der Waals surface area contributed by atoms with Crippen LogP contribution in [0.1, 0.15) is 23.7 Å². The first kappa shape index (κ1) is 17.9. The molecule has 0 heterocycles. The van der Waals surface area contributed by atoms with Crippen molar-refractivity contribution in [2.24, 2.45) is 0 Å². The van der Waals surface area contributed by atoms with E-state index in [1.54, 1.807) is 0 Å². The highest BCUT2D eigenvalue weighted by atomic mass is 19.2. The number of amides is 1. The van der Waals surface area contributed by atoms with Gasteiger partial charge in [0.25, 0.3) is 0 Å². The highest BCUT2D eigenvalue weighted by molar-refractivity contribution is 5.76. The highest BCUT2D eigenvalue weighted by Crippen LogP contribution is 2.20. The van der Waals surface area contributed by atoms with E-state index in [4.69, 9.17) is 0 Å². The van der Waals surface area contributed by atoms with E-state index in [1.165, 1.54) is 12.1 Å². The summed E-state index contributed by atoms with van der Waals surface area (Å²) in [5, 5.41) is 12.1. The van der Waals surface area contributed by atoms with E-state index < -0.39 is 47.4 Å². The molecular weight excluding hydrogens is 326 g/mol. The van der Waals surface area contributed by atoms with Crippen LogP contribution in [0.15, 0.2) is 36.4 Å². The van der Waals surface area contributed by atoms with Crippen molar-refractivity contribution in [1.82, 2.24) is 5.32 Å². The number of hydrogen-bond donors (Lipinski definition) is 2. The van der Waals surface area contributed by atoms with E-state index in [9.17, 15) is 27.5 Å². The van der Waals surface area contributed by atoms with Gasteiger partial charge in [0.15, 0.2) is 11.6 Å². The topological polar surface area (TPSA) is 49.3 Å². The summed E-state index contributed by atoms with van der Waals surface area (Å²) in [4.78, 5) is 11.7. The molecular formula is C17H15F4NO2. The molecule has 7 heteroatoms. The van der Waals surface area contributed by atoms with Gasteiger partial charge in [-0.3, -0.25) is 4.79 Å². The Hall–Kier alpha value is -2.41. The van der Waals surface area contributed by atoms with Gasteiger partial charge < -0.3 is 10.4 Å². The second-order valence-electron chi connectivity index (χ2n) is 5.17. The summed E-state index contributed by atoms with van der Waals surface area (Å²) < 4.78 is 53.5. The molecule has 0 aliphatic carbocycles. The van der Waals surface area contributed by atoms with Gasteiger partial charge in [0.1, 0.15) is 17.7 Å². The van der Waals surface area contributed by atoms with Crippen LogP contribution in [0.2, 0.25) is 0 Å². The minimum absolute atomic E-state index is 0.0421. The Labute approximate surface area is 135 Å². The number of carbonyl (C=O) groups is 1. The monoisotopic (exact) mass is 341 g/mol. The van der Waals surface area contributed by atoms with Crippen molar-refractivity contribution < 1.29 is 27.5 Å². The summed E-state index contributed by atoms with van der Waals surface area (Å²) in [7, 11) is 0. The quantitative estimate of drug-likeness (QED) is 0.794. The first-order valence-electron chi connectivity index (χ1n) is 7.21. The zero-order chi connectivity index (χ0) is 17.7. The van der Waals surface area contributed by atoms with E-state index in [1.807, 2.05) is 0 Å². The maximum absolute atomic E-state index is 13.5. The van der Waals surface area contributed by atoms with Gasteiger partial charge >= 0.3 is 0 Å². The summed E-state index contributed by atoms with van der Waals surface area (Å²) in [6.07, 6.45) is -1.76. The van der Waals surface area contributed by atoms with Gasteiger partial charge in [0.2, 0.25) is 5.91 Å². The molecule has 128 valence electrons. The zero-order valence-electron chi connectivity index (χ0n) is 12.5. The first-order chi connectivity index (χ1) is 11.4. The Kier molecular flexibility index (Phi) is 5.92. The fourth-order valence-corrected chi connectivity index (χ4v) is 2.22. The fraction of sp³-hybridized carbons (Fsp3) is 0.235. The molecule has 1 atom stereocenters. The maximum Gasteiger partial charge on any atom is 0.220 e. The third-order valence-corrected chi connectivity index (χ3v) is 3.48. The van der Waals surface area contributed by atoms with Crippen molar-refractivity contribution in [3.63, 3.8) is 0 Å². The molecule has 2 rings (SSSR count). The van der Waals surface area contributed by atoms with Gasteiger partial charge in [0.05, 0.1) is 5.56 Å². The molecule has 0 aliphatic rings. The van der Waals surface area contributed by atoms with Crippen LogP contribution in [0, 0.1) is 23.3 Å². The van der Waals surface area contributed by atoms with Crippen molar-refractivity contribution in [3.8, 4) is 0 Å². The van der Waals surface area contributed by atoms with Gasteiger partial charge in [-0.1, -0.05) is 18.2 Å². The lowest BCUT2D eigenvalue weighted by atomic mass is 10.1. The third-order valence-electron chi connectivity index (χ3n) is 3.48. The second kappa shape index (κ2) is 7.92. The van der Waals surface area contributed by atoms with Gasteiger partial charge in [0, 0.05) is 13.0 Å². The number of aryl methyl sites for hydroxylation is 1. The van der Waals surface area contributed by atoms with E-state index in [0.29, 0.717) is 0 Å². The van der Waals surface area contributed by atoms with Crippen LogP contribution in [0.5, 0.6) is 0 Å². The molecule has 0 bridgehead atoms. The Morgan fingerprint density at radius 3 is 2.25 bits per heavy atom. The van der Waals surface area contributed by atoms with Crippen LogP contribution in [0.4, 0.5) is 17.6 Å². The molecule has 24 heavy (non-hydrogen) atoms. The maximum atomic E-state index is 13.5. The van der Waals surface area contributed by atoms with Crippen molar-refractivity contribution in [2.45, 2.75) is 18.9 Å². The van der Waals surface area contributed by atoms with Crippen LogP contribution in [0.25, 0.3) is 0 Å². The number of hydrogen-bond acceptors (Lipinski definition) is 2. The van der Waals surface area contributed by atoms with Gasteiger partial charge in [-0.25, -0.2) is 17.6 Å². The SMILES string of the molecule is O=C(CCc1cccc(F)c1F)NCC(O)c1c(F)cccc1F. The second-order valence-corrected chi connectivity index (χ2v) is 5.17. The standard InChI is InChI=1S/C17H15F4NO2/c18-11-4-2-5-12(19)16(11)14(23)9-22-15(24)8-7-10-3-1-6-13(20)17(10)21/h1-6,14,23H,7-9H2,(H,22,24). The molecule has 0 aromatic heterocycles. The Morgan fingerprint density at radius 2 is 1.58 bits per heavy atom. The van der Waals surface area contributed by atoms with Gasteiger partial charge in [-0.2, -0.15) is 0 Å². The van der Waals surface area contributed by atoms with E-state index in [-0.39, 0.29) is 18.4 Å². The normalized spacial score (nSPS) is 12.0. The van der Waals surface area contributed by atoms with Crippen molar-refractivity contribution in [3.05, 3.63) is 70.8 Å². The van der Waals surface area contributed by atoms with Crippen LogP contribution in [0.3, 0.4) is 0 Å². The molecule has 0 radical (unpaired) electrons. The predicted octanol–water partition coefficient (Wildman–Crippen LogP) is 3.03. The van der Waals surface area contributed by atoms with Gasteiger partial charge in [-0.05, 0) is 30.2 Å². The Balaban J connectivity index is 1.88. The summed E-state index contributed by atoms with van der Waals surface area (Å²) >= 11 is 0. The summed E-state index contributed by atoms with van der Waals surface area (Å²) in [6.45, 7) is -0.400. The molecule has 2 aromatic carbocycles. The molecule has 0 saturated heterocycles. The number of aliphatic hydroxyl groups excluding tert-OH is 1. The van der Waals surface area contributed by atoms with Crippen LogP contribution in [-0.2, 0) is 11.2 Å². The molecule has 1 unspecified atom stereocenters. The fourth-order valence-electron chi connectivity index (χ4n) is 2.22. The number of carbonyl (C=O) groups excluding carboxylic acids is 1. The first-order valence-corrected chi connectivity index (χ1v) is 7.21. The molecule has 0 aliphatic heterocycles. The van der Waals surface area contributed by atoms with Crippen LogP contribution < -0.4 is 5.32 Å². The zero-order valence-corrected chi connectivity index (χ0v) is 12.5. The molecule has 0 spiro atoms. The van der Waals surface area contributed by atoms with E-state index in [2.05, 4.69) is 5.32 Å². The minimum Gasteiger partial charge on any atom is -0.386 e. The minimum atomic E-state index is -1.55. The number of halogens is 4. The van der Waals surface area contributed by atoms with E-state index in [0.717, 1.165) is 24.3 Å². The molecule has 2 aromatic rings. The van der Waals surface area contributed by atoms with Crippen molar-refractivity contribution in [1.29, 1.82) is 0 Å². The molecule has 0 saturated carbocycles. The molecule has 3 nitrogen and oxygen atoms in total. The van der Waals surface area contributed by atoms with Crippen molar-refractivity contribution in [2.75, 3.05) is 6.54 Å². The van der Waals surface area contributed by atoms with E-state index >= 15 is 0 Å². The number of benzene rings is 2. The lowest BCUT2D eigenvalue weighted by Gasteiger charge is -2.14. The van der Waals surface area contributed by atoms with Crippen LogP contribution in [-0.4, -0.2) is 17.6 Å². The average molecular weight is 341 g/mol. The number of nitrogens with one attached hydrogen (secondary N) is 1. The molecule has 1 amide bonds. The molecule has 2 N–H and O–H groups in total. The lowest BCUT2D eigenvalue weighted by Crippen LogP contribution is -2.29. The predicted molar refractivity (Wildman–Crippen MR) is 79.0 cm³/mol. The Morgan fingerprint density at radius 1 is 1.00 bits per heavy atom. The smallest absolute Gasteiger partial charge is 0.220 e. The van der Waals surface area contributed by atoms with Gasteiger partial charge in [-0.15, -0.1) is 0 Å². The van der Waals surface area contributed by atoms with Crippen LogP contribution >= 0.6 is 0 Å². The summed E-state index contributed by atoms with van der Waals surface area (Å²) in [5.41, 5.74) is -0.486. The number of aliphatic hydroxyl groups is 1. The molecule has 0 fully saturated rings.